The molecule has 0 heterocycles. The van der Waals surface area contributed by atoms with Crippen molar-refractivity contribution < 1.29 is 23.8 Å². The third-order valence-electron chi connectivity index (χ3n) is 9.04. The van der Waals surface area contributed by atoms with Gasteiger partial charge in [-0.05, 0) is 86.4 Å². The Morgan fingerprint density at radius 3 is 2.22 bits per heavy atom. The van der Waals surface area contributed by atoms with Crippen molar-refractivity contribution in [1.29, 1.82) is 0 Å². The minimum absolute atomic E-state index is 0.161. The monoisotopic (exact) mass is 441 g/mol. The molecule has 6 nitrogen and oxygen atoms in total. The largest absolute Gasteiger partial charge is 0.494 e. The average Bonchev–Trinajstić information content (AvgIpc) is 2.76. The van der Waals surface area contributed by atoms with Crippen LogP contribution in [0, 0.1) is 23.2 Å². The average molecular weight is 442 g/mol. The zero-order valence-electron chi connectivity index (χ0n) is 19.3. The lowest BCUT2D eigenvalue weighted by Crippen LogP contribution is -2.92. The molecule has 4 saturated carbocycles. The van der Waals surface area contributed by atoms with Gasteiger partial charge < -0.3 is 19.5 Å². The lowest BCUT2D eigenvalue weighted by atomic mass is 9.15. The van der Waals surface area contributed by atoms with Crippen LogP contribution >= 0.6 is 0 Å². The van der Waals surface area contributed by atoms with Gasteiger partial charge in [-0.15, -0.1) is 0 Å². The van der Waals surface area contributed by atoms with E-state index in [9.17, 15) is 9.59 Å². The molecule has 6 heteroatoms. The highest BCUT2D eigenvalue weighted by Crippen LogP contribution is 2.89. The minimum Gasteiger partial charge on any atom is -0.494 e. The van der Waals surface area contributed by atoms with E-state index in [1.54, 1.807) is 18.2 Å². The van der Waals surface area contributed by atoms with E-state index in [2.05, 4.69) is 5.32 Å². The molecule has 0 amide bonds. The van der Waals surface area contributed by atoms with Gasteiger partial charge in [0, 0.05) is 5.54 Å². The number of benzene rings is 1. The number of hydrogen-bond acceptors (Lipinski definition) is 6. The van der Waals surface area contributed by atoms with Gasteiger partial charge in [0.1, 0.15) is 5.75 Å². The van der Waals surface area contributed by atoms with E-state index in [-0.39, 0.29) is 11.1 Å². The molecule has 1 aromatic carbocycles. The number of unbranched alkanes of at least 4 members (excludes halogenated alkanes) is 4. The van der Waals surface area contributed by atoms with E-state index < -0.39 is 11.9 Å². The van der Waals surface area contributed by atoms with Crippen LogP contribution in [-0.4, -0.2) is 44.8 Å². The fourth-order valence-electron chi connectivity index (χ4n) is 7.69. The number of carbonyl (C=O) groups is 2. The number of nitrogens with one attached hydrogen (secondary N) is 1. The van der Waals surface area contributed by atoms with Crippen LogP contribution in [0.15, 0.2) is 18.2 Å². The summed E-state index contributed by atoms with van der Waals surface area (Å²) in [7, 11) is 2.57. The van der Waals surface area contributed by atoms with E-state index in [1.165, 1.54) is 65.7 Å². The van der Waals surface area contributed by atoms with Gasteiger partial charge in [-0.2, -0.15) is 0 Å². The summed E-state index contributed by atoms with van der Waals surface area (Å²) in [5.41, 5.74) is 1.69. The highest BCUT2D eigenvalue weighted by atomic mass is 16.5. The van der Waals surface area contributed by atoms with Gasteiger partial charge in [-0.1, -0.05) is 19.3 Å². The van der Waals surface area contributed by atoms with Gasteiger partial charge in [0.15, 0.2) is 0 Å². The number of esters is 2. The van der Waals surface area contributed by atoms with Crippen LogP contribution in [0.3, 0.4) is 0 Å². The Hall–Kier alpha value is -2.08. The molecule has 0 bridgehead atoms. The predicted molar refractivity (Wildman–Crippen MR) is 120 cm³/mol. The molecule has 5 rings (SSSR count). The molecule has 4 aliphatic rings. The molecule has 1 aromatic rings. The van der Waals surface area contributed by atoms with E-state index >= 15 is 0 Å². The van der Waals surface area contributed by atoms with E-state index in [1.807, 2.05) is 0 Å². The van der Waals surface area contributed by atoms with Crippen molar-refractivity contribution in [1.82, 2.24) is 5.32 Å². The summed E-state index contributed by atoms with van der Waals surface area (Å²) in [5, 5.41) is 3.98. The number of methoxy groups -OCH3 is 2. The molecular weight excluding hydrogens is 406 g/mol. The molecule has 2 unspecified atom stereocenters. The Kier molecular flexibility index (Phi) is 5.68. The zero-order valence-corrected chi connectivity index (χ0v) is 19.3. The molecule has 32 heavy (non-hydrogen) atoms. The highest BCUT2D eigenvalue weighted by Gasteiger charge is 2.87. The predicted octanol–water partition coefficient (Wildman–Crippen LogP) is 4.37. The second-order valence-electron chi connectivity index (χ2n) is 10.2. The molecule has 2 atom stereocenters. The number of hydrogen-bond donors (Lipinski definition) is 1. The fraction of sp³-hybridized carbons (Fsp3) is 0.692. The Bertz CT molecular complexity index is 871. The summed E-state index contributed by atoms with van der Waals surface area (Å²) in [5.74, 6) is 2.64. The fourth-order valence-corrected chi connectivity index (χ4v) is 7.69. The number of carbonyl (C=O) groups excluding carboxylic acids is 2. The van der Waals surface area contributed by atoms with Crippen molar-refractivity contribution >= 4 is 11.9 Å². The van der Waals surface area contributed by atoms with E-state index in [0.29, 0.717) is 17.9 Å². The summed E-state index contributed by atoms with van der Waals surface area (Å²) < 4.78 is 15.3. The lowest BCUT2D eigenvalue weighted by Gasteiger charge is -2.91. The van der Waals surface area contributed by atoms with E-state index in [4.69, 9.17) is 14.2 Å². The van der Waals surface area contributed by atoms with Crippen molar-refractivity contribution in [2.75, 3.05) is 27.4 Å². The van der Waals surface area contributed by atoms with Crippen molar-refractivity contribution in [3.05, 3.63) is 29.3 Å². The molecule has 0 saturated heterocycles. The first kappa shape index (κ1) is 21.7. The third-order valence-corrected chi connectivity index (χ3v) is 9.04. The standard InChI is InChI=1S/C26H35NO5/c1-30-23(28)21-9-8-20(14-22(21)24(29)31-2)32-11-7-5-3-4-6-10-27-25-15-18-12-17-13-19(16-25)26(17,18)25/h8-9,14,17-19,27H,3-7,10-13,15-16H2,1-2H3. The van der Waals surface area contributed by atoms with Crippen LogP contribution in [0.25, 0.3) is 0 Å². The normalized spacial score (nSPS) is 32.8. The van der Waals surface area contributed by atoms with Gasteiger partial charge in [0.2, 0.25) is 0 Å². The maximum atomic E-state index is 12.0. The van der Waals surface area contributed by atoms with Crippen LogP contribution < -0.4 is 10.1 Å². The summed E-state index contributed by atoms with van der Waals surface area (Å²) in [4.78, 5) is 23.8. The van der Waals surface area contributed by atoms with Crippen LogP contribution in [0.4, 0.5) is 0 Å². The first-order valence-electron chi connectivity index (χ1n) is 12.2. The Morgan fingerprint density at radius 2 is 1.56 bits per heavy atom. The molecule has 4 fully saturated rings. The van der Waals surface area contributed by atoms with Crippen molar-refractivity contribution in [2.45, 2.75) is 63.3 Å². The van der Waals surface area contributed by atoms with Crippen LogP contribution in [0.2, 0.25) is 0 Å². The van der Waals surface area contributed by atoms with Gasteiger partial charge in [-0.3, -0.25) is 0 Å². The smallest absolute Gasteiger partial charge is 0.338 e. The topological polar surface area (TPSA) is 73.9 Å². The SMILES string of the molecule is COC(=O)c1ccc(OCCCCCCCNC23CC4CC5CC(C2)C543)cc1C(=O)OC. The highest BCUT2D eigenvalue weighted by molar-refractivity contribution is 6.03. The molecule has 0 aliphatic heterocycles. The number of rotatable bonds is 12. The van der Waals surface area contributed by atoms with Gasteiger partial charge in [-0.25, -0.2) is 9.59 Å². The Balaban J connectivity index is 0.964. The Labute approximate surface area is 190 Å². The first-order chi connectivity index (χ1) is 15.6. The van der Waals surface area contributed by atoms with Crippen molar-refractivity contribution in [3.63, 3.8) is 0 Å². The summed E-state index contributed by atoms with van der Waals surface area (Å²) in [6, 6.07) is 4.78. The molecule has 1 spiro atoms. The summed E-state index contributed by atoms with van der Waals surface area (Å²) in [6.45, 7) is 1.76. The zero-order chi connectivity index (χ0) is 22.3. The maximum Gasteiger partial charge on any atom is 0.338 e. The summed E-state index contributed by atoms with van der Waals surface area (Å²) in [6.07, 6.45) is 11.8. The molecule has 0 aromatic heterocycles. The van der Waals surface area contributed by atoms with Crippen molar-refractivity contribution in [3.8, 4) is 5.75 Å². The molecule has 4 aliphatic carbocycles. The van der Waals surface area contributed by atoms with Crippen LogP contribution in [-0.2, 0) is 9.47 Å². The minimum atomic E-state index is -0.580. The van der Waals surface area contributed by atoms with Crippen molar-refractivity contribution in [2.24, 2.45) is 23.2 Å². The van der Waals surface area contributed by atoms with Crippen LogP contribution in [0.1, 0.15) is 78.5 Å². The molecular formula is C26H35NO5. The quantitative estimate of drug-likeness (QED) is 0.384. The lowest BCUT2D eigenvalue weighted by molar-refractivity contribution is -0.397. The van der Waals surface area contributed by atoms with Gasteiger partial charge in [0.05, 0.1) is 32.0 Å². The van der Waals surface area contributed by atoms with Gasteiger partial charge >= 0.3 is 11.9 Å². The second-order valence-corrected chi connectivity index (χ2v) is 10.2. The maximum absolute atomic E-state index is 12.0. The second kappa shape index (κ2) is 8.36. The molecule has 1 N–H and O–H groups in total. The Morgan fingerprint density at radius 1 is 0.906 bits per heavy atom. The first-order valence-corrected chi connectivity index (χ1v) is 12.2. The molecule has 0 radical (unpaired) electrons. The van der Waals surface area contributed by atoms with Gasteiger partial charge in [0.25, 0.3) is 0 Å². The number of ether oxygens (including phenoxy) is 3. The molecule has 174 valence electrons. The van der Waals surface area contributed by atoms with E-state index in [0.717, 1.165) is 36.0 Å². The van der Waals surface area contributed by atoms with Crippen LogP contribution in [0.5, 0.6) is 5.75 Å². The third kappa shape index (κ3) is 3.09. The summed E-state index contributed by atoms with van der Waals surface area (Å²) >= 11 is 0.